The van der Waals surface area contributed by atoms with Crippen molar-refractivity contribution < 1.29 is 9.59 Å². The molecule has 4 rings (SSSR count). The zero-order chi connectivity index (χ0) is 20.4. The third-order valence-electron chi connectivity index (χ3n) is 4.84. The molecule has 2 heterocycles. The number of rotatable bonds is 4. The van der Waals surface area contributed by atoms with Crippen LogP contribution in [0.4, 0.5) is 11.4 Å². The standard InChI is InChI=1S/C22H20N4O3/c1-15-6-11-21(28)26(24-15)14-20(27)23-18-9-7-17(8-10-18)22(29)25-13-12-16-4-2-3-5-19(16)25/h2-11H,12-14H2,1H3,(H,23,27). The summed E-state index contributed by atoms with van der Waals surface area (Å²) < 4.78 is 1.12. The molecule has 1 N–H and O–H groups in total. The van der Waals surface area contributed by atoms with Gasteiger partial charge in [0.1, 0.15) is 6.54 Å². The number of carbonyl (C=O) groups is 2. The quantitative estimate of drug-likeness (QED) is 0.744. The van der Waals surface area contributed by atoms with Gasteiger partial charge in [0.15, 0.2) is 0 Å². The first-order valence-corrected chi connectivity index (χ1v) is 9.36. The Labute approximate surface area is 167 Å². The Bertz CT molecular complexity index is 1140. The predicted molar refractivity (Wildman–Crippen MR) is 110 cm³/mol. The fourth-order valence-electron chi connectivity index (χ4n) is 3.40. The molecule has 2 amide bonds. The number of hydrogen-bond acceptors (Lipinski definition) is 4. The number of amides is 2. The van der Waals surface area contributed by atoms with Gasteiger partial charge in [-0.1, -0.05) is 18.2 Å². The van der Waals surface area contributed by atoms with Gasteiger partial charge in [0, 0.05) is 29.5 Å². The van der Waals surface area contributed by atoms with Crippen molar-refractivity contribution in [3.05, 3.63) is 87.8 Å². The van der Waals surface area contributed by atoms with E-state index in [9.17, 15) is 14.4 Å². The molecule has 0 radical (unpaired) electrons. The average molecular weight is 388 g/mol. The minimum absolute atomic E-state index is 0.0664. The lowest BCUT2D eigenvalue weighted by Crippen LogP contribution is -2.29. The van der Waals surface area contributed by atoms with E-state index in [4.69, 9.17) is 0 Å². The Balaban J connectivity index is 1.43. The molecule has 0 fully saturated rings. The number of carbonyl (C=O) groups excluding carboxylic acids is 2. The van der Waals surface area contributed by atoms with Crippen molar-refractivity contribution in [2.45, 2.75) is 19.9 Å². The van der Waals surface area contributed by atoms with Gasteiger partial charge < -0.3 is 10.2 Å². The number of fused-ring (bicyclic) bond motifs is 1. The van der Waals surface area contributed by atoms with Crippen LogP contribution >= 0.6 is 0 Å². The normalized spacial score (nSPS) is 12.5. The van der Waals surface area contributed by atoms with Crippen molar-refractivity contribution in [1.29, 1.82) is 0 Å². The summed E-state index contributed by atoms with van der Waals surface area (Å²) in [5, 5.41) is 6.77. The first kappa shape index (κ1) is 18.6. The third kappa shape index (κ3) is 3.94. The Kier molecular flexibility index (Phi) is 4.95. The molecule has 0 spiro atoms. The lowest BCUT2D eigenvalue weighted by molar-refractivity contribution is -0.117. The number of para-hydroxylation sites is 1. The molecule has 0 aliphatic carbocycles. The van der Waals surface area contributed by atoms with Crippen LogP contribution in [0.5, 0.6) is 0 Å². The molecule has 7 heteroatoms. The third-order valence-corrected chi connectivity index (χ3v) is 4.84. The zero-order valence-corrected chi connectivity index (χ0v) is 16.0. The second kappa shape index (κ2) is 7.71. The van der Waals surface area contributed by atoms with Crippen LogP contribution in [0.3, 0.4) is 0 Å². The Morgan fingerprint density at radius 2 is 1.79 bits per heavy atom. The maximum absolute atomic E-state index is 12.8. The average Bonchev–Trinajstić information content (AvgIpc) is 3.15. The monoisotopic (exact) mass is 388 g/mol. The smallest absolute Gasteiger partial charge is 0.267 e. The van der Waals surface area contributed by atoms with Crippen molar-refractivity contribution in [1.82, 2.24) is 9.78 Å². The lowest BCUT2D eigenvalue weighted by atomic mass is 10.1. The summed E-state index contributed by atoms with van der Waals surface area (Å²) in [6.45, 7) is 2.24. The molecule has 0 saturated carbocycles. The van der Waals surface area contributed by atoms with Crippen LogP contribution in [0.15, 0.2) is 65.5 Å². The first-order valence-electron chi connectivity index (χ1n) is 9.36. The summed E-state index contributed by atoms with van der Waals surface area (Å²) in [5.74, 6) is -0.430. The van der Waals surface area contributed by atoms with Gasteiger partial charge in [-0.15, -0.1) is 0 Å². The highest BCUT2D eigenvalue weighted by molar-refractivity contribution is 6.07. The summed E-state index contributed by atoms with van der Waals surface area (Å²) in [4.78, 5) is 38.6. The van der Waals surface area contributed by atoms with Crippen LogP contribution < -0.4 is 15.8 Å². The van der Waals surface area contributed by atoms with E-state index in [2.05, 4.69) is 10.4 Å². The van der Waals surface area contributed by atoms with E-state index >= 15 is 0 Å². The summed E-state index contributed by atoms with van der Waals surface area (Å²) in [7, 11) is 0. The van der Waals surface area contributed by atoms with E-state index < -0.39 is 0 Å². The molecule has 0 saturated heterocycles. The van der Waals surface area contributed by atoms with Gasteiger partial charge in [0.05, 0.1) is 5.69 Å². The number of hydrogen-bond donors (Lipinski definition) is 1. The minimum Gasteiger partial charge on any atom is -0.324 e. The van der Waals surface area contributed by atoms with Gasteiger partial charge in [-0.3, -0.25) is 14.4 Å². The molecule has 0 atom stereocenters. The summed E-state index contributed by atoms with van der Waals surface area (Å²) in [6, 6.07) is 17.6. The van der Waals surface area contributed by atoms with E-state index in [1.807, 2.05) is 24.3 Å². The zero-order valence-electron chi connectivity index (χ0n) is 16.0. The molecule has 1 aliphatic rings. The summed E-state index contributed by atoms with van der Waals surface area (Å²) in [6.07, 6.45) is 0.850. The van der Waals surface area contributed by atoms with Crippen LogP contribution in [0.2, 0.25) is 0 Å². The molecule has 0 bridgehead atoms. The highest BCUT2D eigenvalue weighted by Gasteiger charge is 2.25. The van der Waals surface area contributed by atoms with E-state index in [1.165, 1.54) is 11.6 Å². The summed E-state index contributed by atoms with van der Waals surface area (Å²) in [5.41, 5.74) is 3.54. The largest absolute Gasteiger partial charge is 0.324 e. The van der Waals surface area contributed by atoms with E-state index in [0.717, 1.165) is 16.8 Å². The van der Waals surface area contributed by atoms with Crippen molar-refractivity contribution in [3.63, 3.8) is 0 Å². The maximum atomic E-state index is 12.8. The molecule has 2 aromatic carbocycles. The van der Waals surface area contributed by atoms with Crippen molar-refractivity contribution in [2.24, 2.45) is 0 Å². The highest BCUT2D eigenvalue weighted by atomic mass is 16.2. The van der Waals surface area contributed by atoms with Gasteiger partial charge in [0.2, 0.25) is 5.91 Å². The van der Waals surface area contributed by atoms with Crippen molar-refractivity contribution in [2.75, 3.05) is 16.8 Å². The van der Waals surface area contributed by atoms with Crippen molar-refractivity contribution >= 4 is 23.2 Å². The first-order chi connectivity index (χ1) is 14.0. The van der Waals surface area contributed by atoms with Gasteiger partial charge in [0.25, 0.3) is 11.5 Å². The predicted octanol–water partition coefficient (Wildman–Crippen LogP) is 2.39. The Hall–Kier alpha value is -3.74. The number of nitrogens with zero attached hydrogens (tertiary/aromatic N) is 3. The molecular formula is C22H20N4O3. The molecule has 1 aromatic heterocycles. The molecule has 29 heavy (non-hydrogen) atoms. The number of aryl methyl sites for hydroxylation is 1. The number of benzene rings is 2. The lowest BCUT2D eigenvalue weighted by Gasteiger charge is -2.17. The molecule has 0 unspecified atom stereocenters. The van der Waals surface area contributed by atoms with Crippen LogP contribution in [-0.4, -0.2) is 28.1 Å². The topological polar surface area (TPSA) is 84.3 Å². The van der Waals surface area contributed by atoms with Crippen LogP contribution in [-0.2, 0) is 17.8 Å². The van der Waals surface area contributed by atoms with E-state index in [0.29, 0.717) is 23.5 Å². The fourth-order valence-corrected chi connectivity index (χ4v) is 3.40. The van der Waals surface area contributed by atoms with Gasteiger partial charge >= 0.3 is 0 Å². The highest BCUT2D eigenvalue weighted by Crippen LogP contribution is 2.29. The second-order valence-corrected chi connectivity index (χ2v) is 6.93. The molecule has 3 aromatic rings. The minimum atomic E-state index is -0.363. The second-order valence-electron chi connectivity index (χ2n) is 6.93. The number of aromatic nitrogens is 2. The molecule has 1 aliphatic heterocycles. The molecule has 7 nitrogen and oxygen atoms in total. The molecular weight excluding hydrogens is 368 g/mol. The SMILES string of the molecule is Cc1ccc(=O)n(CC(=O)Nc2ccc(C(=O)N3CCc4ccccc43)cc2)n1. The van der Waals surface area contributed by atoms with Crippen molar-refractivity contribution in [3.8, 4) is 0 Å². The van der Waals surface area contributed by atoms with Gasteiger partial charge in [-0.2, -0.15) is 5.10 Å². The maximum Gasteiger partial charge on any atom is 0.267 e. The van der Waals surface area contributed by atoms with Crippen LogP contribution in [0, 0.1) is 6.92 Å². The summed E-state index contributed by atoms with van der Waals surface area (Å²) >= 11 is 0. The number of nitrogens with one attached hydrogen (secondary N) is 1. The van der Waals surface area contributed by atoms with Gasteiger partial charge in [-0.25, -0.2) is 4.68 Å². The Morgan fingerprint density at radius 3 is 2.59 bits per heavy atom. The molecule has 146 valence electrons. The number of anilines is 2. The van der Waals surface area contributed by atoms with E-state index in [-0.39, 0.29) is 23.9 Å². The fraction of sp³-hybridized carbons (Fsp3) is 0.182. The van der Waals surface area contributed by atoms with Gasteiger partial charge in [-0.05, 0) is 55.3 Å². The van der Waals surface area contributed by atoms with E-state index in [1.54, 1.807) is 42.2 Å². The van der Waals surface area contributed by atoms with Crippen LogP contribution in [0.25, 0.3) is 0 Å². The Morgan fingerprint density at radius 1 is 1.03 bits per heavy atom. The van der Waals surface area contributed by atoms with Crippen LogP contribution in [0.1, 0.15) is 21.6 Å².